The van der Waals surface area contributed by atoms with Crippen LogP contribution in [-0.4, -0.2) is 51.5 Å². The molecule has 6 heteroatoms. The van der Waals surface area contributed by atoms with Gasteiger partial charge in [-0.1, -0.05) is 6.42 Å². The van der Waals surface area contributed by atoms with E-state index >= 15 is 0 Å². The number of hydrogen-bond donors (Lipinski definition) is 2. The Morgan fingerprint density at radius 2 is 2.04 bits per heavy atom. The van der Waals surface area contributed by atoms with Crippen molar-refractivity contribution >= 4 is 29.9 Å². The molecule has 1 aliphatic heterocycles. The van der Waals surface area contributed by atoms with E-state index in [4.69, 9.17) is 9.47 Å². The van der Waals surface area contributed by atoms with Crippen LogP contribution in [0.2, 0.25) is 0 Å². The van der Waals surface area contributed by atoms with Gasteiger partial charge in [0.05, 0.1) is 6.10 Å². The molecule has 2 aliphatic carbocycles. The van der Waals surface area contributed by atoms with Gasteiger partial charge in [-0.05, 0) is 44.9 Å². The zero-order valence-corrected chi connectivity index (χ0v) is 16.8. The van der Waals surface area contributed by atoms with E-state index in [0.717, 1.165) is 51.6 Å². The summed E-state index contributed by atoms with van der Waals surface area (Å²) in [7, 11) is 1.87. The Morgan fingerprint density at radius 1 is 1.30 bits per heavy atom. The lowest BCUT2D eigenvalue weighted by Crippen LogP contribution is -2.68. The number of guanidine groups is 1. The number of hydrogen-bond acceptors (Lipinski definition) is 3. The molecule has 2 N–H and O–H groups in total. The average molecular weight is 437 g/mol. The van der Waals surface area contributed by atoms with Crippen molar-refractivity contribution in [1.29, 1.82) is 0 Å². The molecule has 2 atom stereocenters. The Hall–Kier alpha value is -0.0800. The van der Waals surface area contributed by atoms with Crippen LogP contribution in [0.15, 0.2) is 4.99 Å². The molecule has 0 aromatic rings. The Kier molecular flexibility index (Phi) is 7.41. The molecule has 0 aromatic heterocycles. The van der Waals surface area contributed by atoms with E-state index in [1.54, 1.807) is 0 Å². The highest BCUT2D eigenvalue weighted by Crippen LogP contribution is 2.57. The van der Waals surface area contributed by atoms with Crippen LogP contribution in [0.5, 0.6) is 0 Å². The predicted molar refractivity (Wildman–Crippen MR) is 104 cm³/mol. The minimum absolute atomic E-state index is 0. The van der Waals surface area contributed by atoms with Crippen molar-refractivity contribution < 1.29 is 9.47 Å². The summed E-state index contributed by atoms with van der Waals surface area (Å²) in [6.45, 7) is 5.73. The van der Waals surface area contributed by atoms with Gasteiger partial charge in [0, 0.05) is 44.9 Å². The van der Waals surface area contributed by atoms with E-state index < -0.39 is 0 Å². The predicted octanol–water partition coefficient (Wildman–Crippen LogP) is 2.54. The van der Waals surface area contributed by atoms with Gasteiger partial charge in [0.25, 0.3) is 0 Å². The van der Waals surface area contributed by atoms with Gasteiger partial charge in [0.1, 0.15) is 0 Å². The maximum Gasteiger partial charge on any atom is 0.191 e. The number of rotatable bonds is 5. The monoisotopic (exact) mass is 437 g/mol. The summed E-state index contributed by atoms with van der Waals surface area (Å²) in [6.07, 6.45) is 7.82. The molecule has 3 aliphatic rings. The van der Waals surface area contributed by atoms with Crippen molar-refractivity contribution in [3.8, 4) is 0 Å². The van der Waals surface area contributed by atoms with Crippen molar-refractivity contribution in [3.05, 3.63) is 0 Å². The lowest BCUT2D eigenvalue weighted by atomic mass is 9.51. The number of nitrogens with one attached hydrogen (secondary N) is 2. The molecule has 0 aromatic carbocycles. The summed E-state index contributed by atoms with van der Waals surface area (Å²) in [6, 6.07) is 0.527. The van der Waals surface area contributed by atoms with E-state index in [1.165, 1.54) is 19.3 Å². The van der Waals surface area contributed by atoms with Gasteiger partial charge >= 0.3 is 0 Å². The molecule has 1 heterocycles. The van der Waals surface area contributed by atoms with Crippen molar-refractivity contribution in [3.63, 3.8) is 0 Å². The molecule has 1 saturated heterocycles. The molecule has 3 rings (SSSR count). The molecule has 0 amide bonds. The SMILES string of the molecule is CCOC1CC(NC(=NC)NCC2CCOCC2)C12CCC2.I. The fourth-order valence-corrected chi connectivity index (χ4v) is 4.19. The Labute approximate surface area is 157 Å². The van der Waals surface area contributed by atoms with Gasteiger partial charge in [-0.3, -0.25) is 4.99 Å². The van der Waals surface area contributed by atoms with Crippen molar-refractivity contribution in [2.45, 2.75) is 57.6 Å². The lowest BCUT2D eigenvalue weighted by Gasteiger charge is -2.61. The van der Waals surface area contributed by atoms with Crippen LogP contribution in [0.1, 0.15) is 45.4 Å². The molecule has 134 valence electrons. The first kappa shape index (κ1) is 19.2. The molecule has 0 bridgehead atoms. The zero-order chi connectivity index (χ0) is 15.4. The third kappa shape index (κ3) is 4.12. The van der Waals surface area contributed by atoms with Gasteiger partial charge in [0.15, 0.2) is 5.96 Å². The minimum Gasteiger partial charge on any atom is -0.381 e. The number of nitrogens with zero attached hydrogens (tertiary/aromatic N) is 1. The zero-order valence-electron chi connectivity index (χ0n) is 14.5. The van der Waals surface area contributed by atoms with E-state index in [0.29, 0.717) is 23.5 Å². The second-order valence-corrected chi connectivity index (χ2v) is 6.97. The van der Waals surface area contributed by atoms with Crippen molar-refractivity contribution in [1.82, 2.24) is 10.6 Å². The molecule has 0 radical (unpaired) electrons. The summed E-state index contributed by atoms with van der Waals surface area (Å²) in [5, 5.41) is 7.17. The van der Waals surface area contributed by atoms with Gasteiger partial charge in [0.2, 0.25) is 0 Å². The van der Waals surface area contributed by atoms with E-state index in [-0.39, 0.29) is 24.0 Å². The van der Waals surface area contributed by atoms with E-state index in [1.807, 2.05) is 7.05 Å². The third-order valence-electron chi connectivity index (χ3n) is 5.87. The Bertz CT molecular complexity index is 395. The smallest absolute Gasteiger partial charge is 0.191 e. The van der Waals surface area contributed by atoms with Gasteiger partial charge < -0.3 is 20.1 Å². The van der Waals surface area contributed by atoms with Crippen LogP contribution in [0.4, 0.5) is 0 Å². The quantitative estimate of drug-likeness (QED) is 0.395. The minimum atomic E-state index is 0. The van der Waals surface area contributed by atoms with Gasteiger partial charge in [-0.25, -0.2) is 0 Å². The highest BCUT2D eigenvalue weighted by molar-refractivity contribution is 14.0. The first-order valence-electron chi connectivity index (χ1n) is 8.95. The fraction of sp³-hybridized carbons (Fsp3) is 0.941. The van der Waals surface area contributed by atoms with Crippen LogP contribution < -0.4 is 10.6 Å². The van der Waals surface area contributed by atoms with Crippen LogP contribution in [0, 0.1) is 11.3 Å². The molecular weight excluding hydrogens is 405 g/mol. The summed E-state index contributed by atoms with van der Waals surface area (Å²) in [5.41, 5.74) is 0.381. The highest BCUT2D eigenvalue weighted by atomic mass is 127. The van der Waals surface area contributed by atoms with Gasteiger partial charge in [-0.2, -0.15) is 0 Å². The second-order valence-electron chi connectivity index (χ2n) is 6.97. The molecule has 3 fully saturated rings. The van der Waals surface area contributed by atoms with Crippen LogP contribution in [0.25, 0.3) is 0 Å². The number of aliphatic imine (C=N–C) groups is 1. The van der Waals surface area contributed by atoms with Crippen molar-refractivity contribution in [2.24, 2.45) is 16.3 Å². The molecule has 23 heavy (non-hydrogen) atoms. The molecule has 1 spiro atoms. The molecular formula is C17H32IN3O2. The normalized spacial score (nSPS) is 30.1. The summed E-state index contributed by atoms with van der Waals surface area (Å²) >= 11 is 0. The maximum absolute atomic E-state index is 5.92. The average Bonchev–Trinajstić information content (AvgIpc) is 2.48. The number of halogens is 1. The first-order chi connectivity index (χ1) is 10.8. The van der Waals surface area contributed by atoms with Gasteiger partial charge in [-0.15, -0.1) is 24.0 Å². The summed E-state index contributed by atoms with van der Waals surface area (Å²) in [4.78, 5) is 4.41. The maximum atomic E-state index is 5.92. The third-order valence-corrected chi connectivity index (χ3v) is 5.87. The molecule has 2 saturated carbocycles. The standard InChI is InChI=1S/C17H31N3O2.HI/c1-3-22-15-11-14(17(15)7-4-8-17)20-16(18-2)19-12-13-5-9-21-10-6-13;/h13-15H,3-12H2,1-2H3,(H2,18,19,20);1H. The topological polar surface area (TPSA) is 54.9 Å². The first-order valence-corrected chi connectivity index (χ1v) is 8.95. The number of ether oxygens (including phenoxy) is 2. The highest BCUT2D eigenvalue weighted by Gasteiger charge is 2.59. The summed E-state index contributed by atoms with van der Waals surface area (Å²) in [5.74, 6) is 1.67. The second kappa shape index (κ2) is 8.85. The van der Waals surface area contributed by atoms with E-state index in [9.17, 15) is 0 Å². The fourth-order valence-electron chi connectivity index (χ4n) is 4.19. The Morgan fingerprint density at radius 3 is 2.61 bits per heavy atom. The summed E-state index contributed by atoms with van der Waals surface area (Å²) < 4.78 is 11.3. The van der Waals surface area contributed by atoms with Crippen LogP contribution >= 0.6 is 24.0 Å². The lowest BCUT2D eigenvalue weighted by molar-refractivity contribution is -0.168. The van der Waals surface area contributed by atoms with Crippen molar-refractivity contribution in [2.75, 3.05) is 33.4 Å². The van der Waals surface area contributed by atoms with E-state index in [2.05, 4.69) is 22.5 Å². The Balaban J connectivity index is 0.00000192. The molecule has 5 nitrogen and oxygen atoms in total. The van der Waals surface area contributed by atoms with Crippen LogP contribution in [-0.2, 0) is 9.47 Å². The largest absolute Gasteiger partial charge is 0.381 e. The molecule has 2 unspecified atom stereocenters. The van der Waals surface area contributed by atoms with Crippen LogP contribution in [0.3, 0.4) is 0 Å².